The number of alkyl halides is 2. The van der Waals surface area contributed by atoms with Gasteiger partial charge in [-0.15, -0.1) is 0 Å². The molecule has 3 nitrogen and oxygen atoms in total. The topological polar surface area (TPSA) is 32.3 Å². The smallest absolute Gasteiger partial charge is 0.269 e. The first-order valence-electron chi connectivity index (χ1n) is 4.38. The number of likely N-dealkylation sites (tertiary alicyclic amines) is 1. The van der Waals surface area contributed by atoms with Gasteiger partial charge in [0.2, 0.25) is 6.41 Å². The van der Waals surface area contributed by atoms with Crippen LogP contribution in [0.1, 0.15) is 6.42 Å². The van der Waals surface area contributed by atoms with Crippen LogP contribution in [-0.2, 0) is 4.79 Å². The highest BCUT2D eigenvalue weighted by Crippen LogP contribution is 2.47. The Hall–Kier alpha value is -0.710. The average molecular weight is 190 g/mol. The lowest BCUT2D eigenvalue weighted by Gasteiger charge is -2.54. The highest BCUT2D eigenvalue weighted by Gasteiger charge is 2.60. The van der Waals surface area contributed by atoms with E-state index < -0.39 is 11.3 Å². The van der Waals surface area contributed by atoms with Crippen LogP contribution in [0.4, 0.5) is 8.78 Å². The molecule has 0 aromatic heterocycles. The largest absolute Gasteiger partial charge is 0.344 e. The van der Waals surface area contributed by atoms with Crippen molar-refractivity contribution < 1.29 is 13.6 Å². The molecule has 74 valence electrons. The van der Waals surface area contributed by atoms with Crippen molar-refractivity contribution in [1.82, 2.24) is 10.2 Å². The number of hydrogen-bond acceptors (Lipinski definition) is 2. The Balaban J connectivity index is 2.09. The molecule has 2 rings (SSSR count). The molecule has 2 fully saturated rings. The molecule has 1 amide bonds. The van der Waals surface area contributed by atoms with Crippen LogP contribution in [0.3, 0.4) is 0 Å². The number of carbonyl (C=O) groups excluding carboxylic acids is 1. The summed E-state index contributed by atoms with van der Waals surface area (Å²) in [5.74, 6) is -2.66. The minimum absolute atomic E-state index is 0.213. The van der Waals surface area contributed by atoms with Crippen LogP contribution < -0.4 is 5.32 Å². The Labute approximate surface area is 75.1 Å². The number of piperidine rings is 1. The van der Waals surface area contributed by atoms with Crippen LogP contribution in [0.2, 0.25) is 0 Å². The van der Waals surface area contributed by atoms with E-state index in [1.54, 1.807) is 0 Å². The molecule has 0 atom stereocenters. The van der Waals surface area contributed by atoms with Crippen LogP contribution in [0.25, 0.3) is 0 Å². The van der Waals surface area contributed by atoms with Gasteiger partial charge in [-0.25, -0.2) is 8.78 Å². The van der Waals surface area contributed by atoms with Gasteiger partial charge >= 0.3 is 0 Å². The van der Waals surface area contributed by atoms with Crippen LogP contribution in [0.15, 0.2) is 0 Å². The van der Waals surface area contributed by atoms with E-state index in [9.17, 15) is 13.6 Å². The zero-order valence-electron chi connectivity index (χ0n) is 7.22. The minimum Gasteiger partial charge on any atom is -0.344 e. The first-order chi connectivity index (χ1) is 6.10. The van der Waals surface area contributed by atoms with Crippen molar-refractivity contribution in [3.8, 4) is 0 Å². The summed E-state index contributed by atoms with van der Waals surface area (Å²) in [6.45, 7) is 0.804. The van der Waals surface area contributed by atoms with Gasteiger partial charge < -0.3 is 10.2 Å². The van der Waals surface area contributed by atoms with Gasteiger partial charge in [0.15, 0.2) is 0 Å². The van der Waals surface area contributed by atoms with E-state index in [1.165, 1.54) is 4.90 Å². The maximum absolute atomic E-state index is 13.4. The fourth-order valence-electron chi connectivity index (χ4n) is 2.14. The first kappa shape index (κ1) is 8.87. The van der Waals surface area contributed by atoms with Gasteiger partial charge in [0, 0.05) is 13.1 Å². The summed E-state index contributed by atoms with van der Waals surface area (Å²) >= 11 is 0. The standard InChI is InChI=1S/C8H12F2N2O/c9-8(10)3-11-2-1-7(8)4-12(5-7)6-13/h6,11H,1-5H2. The van der Waals surface area contributed by atoms with Crippen molar-refractivity contribution >= 4 is 6.41 Å². The Kier molecular flexibility index (Phi) is 1.80. The Morgan fingerprint density at radius 2 is 2.08 bits per heavy atom. The lowest BCUT2D eigenvalue weighted by atomic mass is 9.70. The van der Waals surface area contributed by atoms with Gasteiger partial charge in [0.1, 0.15) is 0 Å². The normalized spacial score (nSPS) is 29.8. The molecule has 5 heteroatoms. The number of hydrogen-bond donors (Lipinski definition) is 1. The summed E-state index contributed by atoms with van der Waals surface area (Å²) in [5, 5.41) is 2.67. The molecule has 0 aromatic rings. The Bertz CT molecular complexity index is 226. The predicted molar refractivity (Wildman–Crippen MR) is 42.5 cm³/mol. The monoisotopic (exact) mass is 190 g/mol. The van der Waals surface area contributed by atoms with Gasteiger partial charge in [-0.2, -0.15) is 0 Å². The second kappa shape index (κ2) is 2.64. The molecule has 0 aliphatic carbocycles. The second-order valence-electron chi connectivity index (χ2n) is 3.92. The van der Waals surface area contributed by atoms with Crippen molar-refractivity contribution in [3.05, 3.63) is 0 Å². The van der Waals surface area contributed by atoms with Crippen LogP contribution >= 0.6 is 0 Å². The van der Waals surface area contributed by atoms with Crippen molar-refractivity contribution in [2.24, 2.45) is 5.41 Å². The van der Waals surface area contributed by atoms with E-state index in [0.717, 1.165) is 0 Å². The van der Waals surface area contributed by atoms with Gasteiger partial charge in [0.25, 0.3) is 5.92 Å². The summed E-state index contributed by atoms with van der Waals surface area (Å²) in [6, 6.07) is 0. The van der Waals surface area contributed by atoms with Crippen molar-refractivity contribution in [3.63, 3.8) is 0 Å². The number of amides is 1. The van der Waals surface area contributed by atoms with Gasteiger partial charge in [-0.1, -0.05) is 0 Å². The molecule has 0 radical (unpaired) electrons. The highest BCUT2D eigenvalue weighted by atomic mass is 19.3. The molecule has 0 saturated carbocycles. The van der Waals surface area contributed by atoms with Crippen molar-refractivity contribution in [1.29, 1.82) is 0 Å². The lowest BCUT2D eigenvalue weighted by Crippen LogP contribution is -2.69. The first-order valence-corrected chi connectivity index (χ1v) is 4.38. The fraction of sp³-hybridized carbons (Fsp3) is 0.875. The van der Waals surface area contributed by atoms with E-state index >= 15 is 0 Å². The SMILES string of the molecule is O=CN1CC2(CCNCC2(F)F)C1. The van der Waals surface area contributed by atoms with Crippen LogP contribution in [0, 0.1) is 5.41 Å². The fourth-order valence-corrected chi connectivity index (χ4v) is 2.14. The lowest BCUT2D eigenvalue weighted by molar-refractivity contribution is -0.200. The number of carbonyl (C=O) groups is 1. The van der Waals surface area contributed by atoms with Gasteiger partial charge in [0.05, 0.1) is 12.0 Å². The van der Waals surface area contributed by atoms with Gasteiger partial charge in [-0.05, 0) is 13.0 Å². The molecule has 1 N–H and O–H groups in total. The Morgan fingerprint density at radius 3 is 2.62 bits per heavy atom. The number of nitrogens with one attached hydrogen (secondary N) is 1. The summed E-state index contributed by atoms with van der Waals surface area (Å²) in [7, 11) is 0. The third-order valence-corrected chi connectivity index (χ3v) is 3.06. The quantitative estimate of drug-likeness (QED) is 0.593. The Morgan fingerprint density at radius 1 is 1.38 bits per heavy atom. The molecular formula is C8H12F2N2O. The molecule has 2 saturated heterocycles. The second-order valence-corrected chi connectivity index (χ2v) is 3.92. The molecule has 0 aromatic carbocycles. The molecule has 2 heterocycles. The van der Waals surface area contributed by atoms with Gasteiger partial charge in [-0.3, -0.25) is 4.79 Å². The van der Waals surface area contributed by atoms with E-state index in [-0.39, 0.29) is 19.6 Å². The molecule has 0 unspecified atom stereocenters. The molecule has 2 aliphatic heterocycles. The van der Waals surface area contributed by atoms with Crippen LogP contribution in [-0.4, -0.2) is 43.4 Å². The maximum Gasteiger partial charge on any atom is 0.269 e. The molecular weight excluding hydrogens is 178 g/mol. The highest BCUT2D eigenvalue weighted by molar-refractivity contribution is 5.49. The number of halogens is 2. The summed E-state index contributed by atoms with van der Waals surface area (Å²) in [4.78, 5) is 11.7. The van der Waals surface area contributed by atoms with Crippen molar-refractivity contribution in [2.45, 2.75) is 12.3 Å². The molecule has 0 bridgehead atoms. The molecule has 13 heavy (non-hydrogen) atoms. The molecule has 2 aliphatic rings. The van der Waals surface area contributed by atoms with E-state index in [1.807, 2.05) is 0 Å². The molecule has 1 spiro atoms. The van der Waals surface area contributed by atoms with E-state index in [2.05, 4.69) is 5.32 Å². The van der Waals surface area contributed by atoms with E-state index in [4.69, 9.17) is 0 Å². The minimum atomic E-state index is -2.66. The number of rotatable bonds is 1. The third-order valence-electron chi connectivity index (χ3n) is 3.06. The summed E-state index contributed by atoms with van der Waals surface area (Å²) in [5.41, 5.74) is -0.931. The van der Waals surface area contributed by atoms with E-state index in [0.29, 0.717) is 19.4 Å². The third kappa shape index (κ3) is 1.14. The maximum atomic E-state index is 13.4. The summed E-state index contributed by atoms with van der Waals surface area (Å²) in [6.07, 6.45) is 1.10. The zero-order chi connectivity index (χ0) is 9.53. The summed E-state index contributed by atoms with van der Waals surface area (Å²) < 4.78 is 26.8. The average Bonchev–Trinajstić information content (AvgIpc) is 2.00. The van der Waals surface area contributed by atoms with Crippen LogP contribution in [0.5, 0.6) is 0 Å². The zero-order valence-corrected chi connectivity index (χ0v) is 7.22. The predicted octanol–water partition coefficient (Wildman–Crippen LogP) is 0.0734. The van der Waals surface area contributed by atoms with Crippen molar-refractivity contribution in [2.75, 3.05) is 26.2 Å². The number of nitrogens with zero attached hydrogens (tertiary/aromatic N) is 1.